The Balaban J connectivity index is 1.19. The van der Waals surface area contributed by atoms with Crippen molar-refractivity contribution >= 4 is 11.8 Å². The lowest BCUT2D eigenvalue weighted by Crippen LogP contribution is -2.59. The molecule has 2 aliphatic carbocycles. The van der Waals surface area contributed by atoms with Crippen LogP contribution < -0.4 is 10.6 Å². The van der Waals surface area contributed by atoms with E-state index in [4.69, 9.17) is 4.52 Å². The average molecular weight is 535 g/mol. The molecule has 3 aliphatic rings. The van der Waals surface area contributed by atoms with E-state index in [2.05, 4.69) is 39.7 Å². The zero-order valence-electron chi connectivity index (χ0n) is 21.9. The van der Waals surface area contributed by atoms with Crippen LogP contribution in [0.4, 0.5) is 8.78 Å². The van der Waals surface area contributed by atoms with E-state index in [9.17, 15) is 18.4 Å². The predicted molar refractivity (Wildman–Crippen MR) is 141 cm³/mol. The van der Waals surface area contributed by atoms with Gasteiger partial charge in [0.2, 0.25) is 5.91 Å². The van der Waals surface area contributed by atoms with Crippen LogP contribution in [0.5, 0.6) is 0 Å². The van der Waals surface area contributed by atoms with Crippen molar-refractivity contribution in [1.82, 2.24) is 20.7 Å². The largest absolute Gasteiger partial charge is 0.355 e. The lowest BCUT2D eigenvalue weighted by atomic mass is 9.85. The molecule has 2 heterocycles. The molecule has 2 atom stereocenters. The minimum Gasteiger partial charge on any atom is -0.355 e. The highest BCUT2D eigenvalue weighted by molar-refractivity contribution is 5.94. The third kappa shape index (κ3) is 5.07. The Kier molecular flexibility index (Phi) is 6.71. The molecule has 9 heteroatoms. The van der Waals surface area contributed by atoms with Crippen molar-refractivity contribution < 1.29 is 22.9 Å². The number of nitrogens with one attached hydrogen (secondary N) is 2. The van der Waals surface area contributed by atoms with Crippen molar-refractivity contribution in [3.8, 4) is 11.3 Å². The summed E-state index contributed by atoms with van der Waals surface area (Å²) in [5.74, 6) is -2.46. The molecular weight excluding hydrogens is 502 g/mol. The number of amides is 2. The van der Waals surface area contributed by atoms with Gasteiger partial charge in [-0.15, -0.1) is 0 Å². The molecule has 0 radical (unpaired) electrons. The van der Waals surface area contributed by atoms with Gasteiger partial charge in [0.1, 0.15) is 11.6 Å². The third-order valence-corrected chi connectivity index (χ3v) is 8.60. The number of halogens is 2. The summed E-state index contributed by atoms with van der Waals surface area (Å²) in [5.41, 5.74) is 1.94. The zero-order valence-corrected chi connectivity index (χ0v) is 21.9. The minimum absolute atomic E-state index is 0.0138. The Morgan fingerprint density at radius 2 is 1.87 bits per heavy atom. The van der Waals surface area contributed by atoms with E-state index in [1.165, 1.54) is 18.6 Å². The molecule has 6 rings (SSSR count). The predicted octanol–water partition coefficient (Wildman–Crippen LogP) is 4.71. The van der Waals surface area contributed by atoms with Crippen molar-refractivity contribution in [2.75, 3.05) is 13.1 Å². The van der Waals surface area contributed by atoms with E-state index in [1.54, 1.807) is 0 Å². The standard InChI is InChI=1S/C30H32F2N4O3/c1-18-5-2-3-8-23(18)30(12-13-30)34-28(37)22-17-36(20-6-4-7-20)14-11-25(22)33-29(38)26-16-27(39-35-26)21-10-9-19(31)15-24(21)32/h2-3,5,8-10,15-16,20,22,25H,4,6-7,11-14,17H2,1H3,(H,33,38)(H,34,37)/t22-,25-/m0/s1. The third-order valence-electron chi connectivity index (χ3n) is 8.60. The number of piperidine rings is 1. The van der Waals surface area contributed by atoms with Crippen LogP contribution in [0.2, 0.25) is 0 Å². The van der Waals surface area contributed by atoms with Gasteiger partial charge in [-0.25, -0.2) is 8.78 Å². The highest BCUT2D eigenvalue weighted by atomic mass is 19.1. The van der Waals surface area contributed by atoms with Crippen molar-refractivity contribution in [3.05, 3.63) is 77.0 Å². The Morgan fingerprint density at radius 1 is 1.08 bits per heavy atom. The fourth-order valence-corrected chi connectivity index (χ4v) is 5.96. The Bertz CT molecular complexity index is 1400. The molecule has 0 unspecified atom stereocenters. The van der Waals surface area contributed by atoms with Gasteiger partial charge in [-0.1, -0.05) is 35.8 Å². The first-order valence-electron chi connectivity index (χ1n) is 13.7. The van der Waals surface area contributed by atoms with Crippen LogP contribution in [0.3, 0.4) is 0 Å². The summed E-state index contributed by atoms with van der Waals surface area (Å²) < 4.78 is 32.7. The van der Waals surface area contributed by atoms with Crippen molar-refractivity contribution in [3.63, 3.8) is 0 Å². The second-order valence-corrected chi connectivity index (χ2v) is 11.1. The van der Waals surface area contributed by atoms with Crippen molar-refractivity contribution in [2.24, 2.45) is 5.92 Å². The van der Waals surface area contributed by atoms with Gasteiger partial charge in [0.05, 0.1) is 17.0 Å². The molecular formula is C30H32F2N4O3. The molecule has 2 amide bonds. The van der Waals surface area contributed by atoms with Gasteiger partial charge in [-0.3, -0.25) is 14.5 Å². The monoisotopic (exact) mass is 534 g/mol. The SMILES string of the molecule is Cc1ccccc1C1(NC(=O)[C@H]2CN(C3CCC3)CC[C@@H]2NC(=O)c2cc(-c3ccc(F)cc3F)on2)CC1. The van der Waals surface area contributed by atoms with Gasteiger partial charge in [0.25, 0.3) is 5.91 Å². The number of carbonyl (C=O) groups is 2. The topological polar surface area (TPSA) is 87.5 Å². The second-order valence-electron chi connectivity index (χ2n) is 11.1. The van der Waals surface area contributed by atoms with Crippen LogP contribution in [-0.4, -0.2) is 47.0 Å². The zero-order chi connectivity index (χ0) is 27.1. The summed E-state index contributed by atoms with van der Waals surface area (Å²) in [4.78, 5) is 29.4. The van der Waals surface area contributed by atoms with Gasteiger partial charge in [-0.2, -0.15) is 0 Å². The Labute approximate surface area is 225 Å². The maximum atomic E-state index is 14.2. The molecule has 7 nitrogen and oxygen atoms in total. The van der Waals surface area contributed by atoms with Gasteiger partial charge >= 0.3 is 0 Å². The van der Waals surface area contributed by atoms with E-state index < -0.39 is 23.5 Å². The highest BCUT2D eigenvalue weighted by Gasteiger charge is 2.49. The number of hydrogen-bond acceptors (Lipinski definition) is 5. The van der Waals surface area contributed by atoms with E-state index in [0.29, 0.717) is 19.0 Å². The van der Waals surface area contributed by atoms with Crippen LogP contribution in [0.1, 0.15) is 60.1 Å². The van der Waals surface area contributed by atoms with E-state index in [1.807, 2.05) is 12.1 Å². The van der Waals surface area contributed by atoms with Crippen LogP contribution in [0, 0.1) is 24.5 Å². The van der Waals surface area contributed by atoms with Crippen molar-refractivity contribution in [1.29, 1.82) is 0 Å². The number of carbonyl (C=O) groups excluding carboxylic acids is 2. The Morgan fingerprint density at radius 3 is 2.56 bits per heavy atom. The molecule has 1 aliphatic heterocycles. The molecule has 1 aromatic heterocycles. The normalized spacial score (nSPS) is 22.6. The number of aryl methyl sites for hydroxylation is 1. The van der Waals surface area contributed by atoms with Crippen LogP contribution >= 0.6 is 0 Å². The maximum Gasteiger partial charge on any atom is 0.273 e. The minimum atomic E-state index is -0.805. The fraction of sp³-hybridized carbons (Fsp3) is 0.433. The van der Waals surface area contributed by atoms with Crippen LogP contribution in [0.25, 0.3) is 11.3 Å². The molecule has 2 aromatic carbocycles. The summed E-state index contributed by atoms with van der Waals surface area (Å²) in [6.07, 6.45) is 5.90. The number of aromatic nitrogens is 1. The molecule has 0 bridgehead atoms. The summed E-state index contributed by atoms with van der Waals surface area (Å²) in [5, 5.41) is 10.2. The van der Waals surface area contributed by atoms with Crippen LogP contribution in [0.15, 0.2) is 53.1 Å². The first-order chi connectivity index (χ1) is 18.8. The van der Waals surface area contributed by atoms with Gasteiger partial charge < -0.3 is 15.2 Å². The quantitative estimate of drug-likeness (QED) is 0.459. The maximum absolute atomic E-state index is 14.2. The molecule has 3 aromatic rings. The fourth-order valence-electron chi connectivity index (χ4n) is 5.96. The first-order valence-corrected chi connectivity index (χ1v) is 13.7. The van der Waals surface area contributed by atoms with Crippen LogP contribution in [-0.2, 0) is 10.3 Å². The number of hydrogen-bond donors (Lipinski definition) is 2. The molecule has 3 fully saturated rings. The number of likely N-dealkylation sites (tertiary alicyclic amines) is 1. The summed E-state index contributed by atoms with van der Waals surface area (Å²) in [7, 11) is 0. The molecule has 204 valence electrons. The van der Waals surface area contributed by atoms with E-state index in [-0.39, 0.29) is 34.5 Å². The van der Waals surface area contributed by atoms with Crippen molar-refractivity contribution in [2.45, 2.75) is 63.1 Å². The first kappa shape index (κ1) is 25.7. The summed E-state index contributed by atoms with van der Waals surface area (Å²) >= 11 is 0. The lowest BCUT2D eigenvalue weighted by Gasteiger charge is -2.45. The molecule has 2 saturated carbocycles. The lowest BCUT2D eigenvalue weighted by molar-refractivity contribution is -0.129. The highest BCUT2D eigenvalue weighted by Crippen LogP contribution is 2.47. The average Bonchev–Trinajstić information content (AvgIpc) is 3.48. The van der Waals surface area contributed by atoms with Gasteiger partial charge in [0, 0.05) is 37.3 Å². The number of nitrogens with zero attached hydrogens (tertiary/aromatic N) is 2. The van der Waals surface area contributed by atoms with E-state index in [0.717, 1.165) is 55.5 Å². The number of rotatable bonds is 7. The van der Waals surface area contributed by atoms with Gasteiger partial charge in [-0.05, 0) is 62.3 Å². The second kappa shape index (κ2) is 10.2. The van der Waals surface area contributed by atoms with Gasteiger partial charge in [0.15, 0.2) is 11.5 Å². The van der Waals surface area contributed by atoms with E-state index >= 15 is 0 Å². The summed E-state index contributed by atoms with van der Waals surface area (Å²) in [6.45, 7) is 3.44. The Hall–Kier alpha value is -3.59. The molecule has 1 saturated heterocycles. The molecule has 0 spiro atoms. The number of benzene rings is 2. The molecule has 2 N–H and O–H groups in total. The molecule has 39 heavy (non-hydrogen) atoms. The smallest absolute Gasteiger partial charge is 0.273 e. The summed E-state index contributed by atoms with van der Waals surface area (Å²) in [6, 6.07) is 12.7.